The molecule has 2 amide bonds. The first-order valence-electron chi connectivity index (χ1n) is 8.34. The van der Waals surface area contributed by atoms with E-state index in [1.165, 1.54) is 11.8 Å². The van der Waals surface area contributed by atoms with Crippen molar-refractivity contribution in [3.63, 3.8) is 0 Å². The number of benzene rings is 1. The molecule has 0 saturated carbocycles. The van der Waals surface area contributed by atoms with E-state index in [0.717, 1.165) is 17.7 Å². The fourth-order valence-corrected chi connectivity index (χ4v) is 3.51. The van der Waals surface area contributed by atoms with Gasteiger partial charge in [-0.1, -0.05) is 37.3 Å². The topological polar surface area (TPSA) is 58.5 Å². The molecule has 128 valence electrons. The lowest BCUT2D eigenvalue weighted by atomic mass is 10.1. The highest BCUT2D eigenvalue weighted by Crippen LogP contribution is 2.32. The summed E-state index contributed by atoms with van der Waals surface area (Å²) in [6, 6.07) is 7.40. The maximum atomic E-state index is 12.2. The highest BCUT2D eigenvalue weighted by atomic mass is 32.2. The summed E-state index contributed by atoms with van der Waals surface area (Å²) in [5.41, 5.74) is 2.29. The second-order valence-corrected chi connectivity index (χ2v) is 7.22. The van der Waals surface area contributed by atoms with Gasteiger partial charge >= 0.3 is 0 Å². The first-order valence-corrected chi connectivity index (χ1v) is 9.22. The minimum absolute atomic E-state index is 0.0787. The maximum Gasteiger partial charge on any atom is 0.283 e. The predicted octanol–water partition coefficient (Wildman–Crippen LogP) is 3.76. The molecule has 2 aliphatic rings. The summed E-state index contributed by atoms with van der Waals surface area (Å²) in [5.74, 6) is -0.292. The number of allylic oxidation sites excluding steroid dienone is 3. The van der Waals surface area contributed by atoms with Crippen LogP contribution in [0.1, 0.15) is 36.2 Å². The number of hydrogen-bond acceptors (Lipinski definition) is 3. The molecule has 0 spiro atoms. The van der Waals surface area contributed by atoms with Gasteiger partial charge in [0.25, 0.3) is 11.8 Å². The molecular formula is C20H20N2O2S. The van der Waals surface area contributed by atoms with Gasteiger partial charge in [-0.05, 0) is 43.2 Å². The lowest BCUT2D eigenvalue weighted by Gasteiger charge is -2.20. The molecule has 5 heteroatoms. The minimum atomic E-state index is -0.213. The van der Waals surface area contributed by atoms with Crippen molar-refractivity contribution >= 4 is 35.4 Å². The number of rotatable bonds is 4. The minimum Gasteiger partial charge on any atom is -0.350 e. The third-order valence-corrected chi connectivity index (χ3v) is 5.31. The summed E-state index contributed by atoms with van der Waals surface area (Å²) < 4.78 is 0. The Kier molecular flexibility index (Phi) is 5.34. The summed E-state index contributed by atoms with van der Waals surface area (Å²) in [6.45, 7) is 4.01. The van der Waals surface area contributed by atoms with E-state index in [0.29, 0.717) is 10.5 Å². The smallest absolute Gasteiger partial charge is 0.283 e. The van der Waals surface area contributed by atoms with Crippen molar-refractivity contribution in [1.82, 2.24) is 5.32 Å². The van der Waals surface area contributed by atoms with Crippen LogP contribution in [0.25, 0.3) is 6.08 Å². The predicted molar refractivity (Wildman–Crippen MR) is 104 cm³/mol. The summed E-state index contributed by atoms with van der Waals surface area (Å²) in [6.07, 6.45) is 10.5. The van der Waals surface area contributed by atoms with E-state index in [2.05, 4.69) is 10.3 Å². The van der Waals surface area contributed by atoms with Gasteiger partial charge in [-0.15, -0.1) is 11.8 Å². The Morgan fingerprint density at radius 3 is 2.80 bits per heavy atom. The highest BCUT2D eigenvalue weighted by molar-refractivity contribution is 8.05. The average Bonchev–Trinajstić information content (AvgIpc) is 2.62. The maximum absolute atomic E-state index is 12.2. The second-order valence-electron chi connectivity index (χ2n) is 6.04. The number of carbonyl (C=O) groups excluding carboxylic acids is 2. The second kappa shape index (κ2) is 7.66. The van der Waals surface area contributed by atoms with Crippen LogP contribution in [0.15, 0.2) is 58.5 Å². The van der Waals surface area contributed by atoms with Crippen LogP contribution in [0.4, 0.5) is 0 Å². The zero-order valence-electron chi connectivity index (χ0n) is 14.2. The lowest BCUT2D eigenvalue weighted by molar-refractivity contribution is -0.113. The number of aliphatic imine (C=N–C) groups is 1. The van der Waals surface area contributed by atoms with Crippen molar-refractivity contribution in [3.05, 3.63) is 64.6 Å². The number of hydrogen-bond donors (Lipinski definition) is 1. The molecule has 1 N–H and O–H groups in total. The Labute approximate surface area is 151 Å². The molecule has 0 bridgehead atoms. The van der Waals surface area contributed by atoms with Gasteiger partial charge in [0.05, 0.1) is 15.9 Å². The Balaban J connectivity index is 1.75. The van der Waals surface area contributed by atoms with Crippen LogP contribution in [0.2, 0.25) is 0 Å². The van der Waals surface area contributed by atoms with Crippen LogP contribution < -0.4 is 5.32 Å². The molecule has 0 aromatic heterocycles. The molecule has 25 heavy (non-hydrogen) atoms. The molecule has 1 aromatic carbocycles. The normalized spacial score (nSPS) is 21.7. The Hall–Kier alpha value is -2.40. The number of nitrogens with zero attached hydrogens (tertiary/aromatic N) is 1. The van der Waals surface area contributed by atoms with Crippen molar-refractivity contribution in [2.24, 2.45) is 4.99 Å². The molecule has 1 aromatic rings. The van der Waals surface area contributed by atoms with Gasteiger partial charge in [-0.25, -0.2) is 4.99 Å². The van der Waals surface area contributed by atoms with E-state index in [4.69, 9.17) is 0 Å². The van der Waals surface area contributed by atoms with E-state index in [1.54, 1.807) is 12.1 Å². The zero-order valence-corrected chi connectivity index (χ0v) is 15.0. The molecule has 1 aliphatic heterocycles. The van der Waals surface area contributed by atoms with Gasteiger partial charge in [0.1, 0.15) is 0 Å². The zero-order chi connectivity index (χ0) is 17.8. The summed E-state index contributed by atoms with van der Waals surface area (Å²) in [4.78, 5) is 29.1. The molecule has 0 radical (unpaired) electrons. The van der Waals surface area contributed by atoms with E-state index in [-0.39, 0.29) is 23.1 Å². The fourth-order valence-electron chi connectivity index (χ4n) is 2.46. The van der Waals surface area contributed by atoms with Gasteiger partial charge in [-0.3, -0.25) is 9.59 Å². The highest BCUT2D eigenvalue weighted by Gasteiger charge is 2.25. The van der Waals surface area contributed by atoms with Crippen LogP contribution in [0, 0.1) is 0 Å². The van der Waals surface area contributed by atoms with Crippen LogP contribution in [-0.4, -0.2) is 28.8 Å². The average molecular weight is 352 g/mol. The first-order chi connectivity index (χ1) is 12.1. The van der Waals surface area contributed by atoms with E-state index < -0.39 is 0 Å². The van der Waals surface area contributed by atoms with Gasteiger partial charge in [-0.2, -0.15) is 0 Å². The Bertz CT molecular complexity index is 803. The molecule has 1 heterocycles. The van der Waals surface area contributed by atoms with Crippen molar-refractivity contribution in [2.75, 3.05) is 0 Å². The number of nitrogens with one attached hydrogen (secondary N) is 1. The van der Waals surface area contributed by atoms with Crippen molar-refractivity contribution in [2.45, 2.75) is 31.6 Å². The molecule has 4 nitrogen and oxygen atoms in total. The number of carbonyl (C=O) groups is 2. The molecule has 1 aliphatic carbocycles. The van der Waals surface area contributed by atoms with E-state index in [1.807, 2.05) is 56.4 Å². The summed E-state index contributed by atoms with van der Waals surface area (Å²) in [7, 11) is 0. The largest absolute Gasteiger partial charge is 0.350 e. The standard InChI is InChI=1S/C20H20N2O2S/c1-3-13(2)21-19(23)15-10-8-14(9-11-15)12-18-20(24)22-16-6-4-5-7-17(16)25-18/h4-13,17H,3H2,1-2H3,(H,21,23)/b18-12+. The van der Waals surface area contributed by atoms with Crippen LogP contribution in [0.3, 0.4) is 0 Å². The first kappa shape index (κ1) is 17.4. The molecule has 2 atom stereocenters. The van der Waals surface area contributed by atoms with Gasteiger partial charge in [0.15, 0.2) is 0 Å². The van der Waals surface area contributed by atoms with Crippen molar-refractivity contribution in [3.8, 4) is 0 Å². The monoisotopic (exact) mass is 352 g/mol. The molecular weight excluding hydrogens is 332 g/mol. The molecule has 2 unspecified atom stereocenters. The molecule has 3 rings (SSSR count). The van der Waals surface area contributed by atoms with Crippen molar-refractivity contribution in [1.29, 1.82) is 0 Å². The van der Waals surface area contributed by atoms with Crippen LogP contribution in [-0.2, 0) is 4.79 Å². The Morgan fingerprint density at radius 2 is 2.08 bits per heavy atom. The van der Waals surface area contributed by atoms with Crippen LogP contribution in [0.5, 0.6) is 0 Å². The van der Waals surface area contributed by atoms with E-state index in [9.17, 15) is 9.59 Å². The third kappa shape index (κ3) is 4.17. The van der Waals surface area contributed by atoms with Gasteiger partial charge in [0, 0.05) is 11.6 Å². The van der Waals surface area contributed by atoms with Crippen LogP contribution >= 0.6 is 11.8 Å². The number of amides is 2. The van der Waals surface area contributed by atoms with Gasteiger partial charge < -0.3 is 5.32 Å². The summed E-state index contributed by atoms with van der Waals surface area (Å²) >= 11 is 1.50. The quantitative estimate of drug-likeness (QED) is 0.839. The van der Waals surface area contributed by atoms with Crippen molar-refractivity contribution < 1.29 is 9.59 Å². The van der Waals surface area contributed by atoms with E-state index >= 15 is 0 Å². The lowest BCUT2D eigenvalue weighted by Crippen LogP contribution is -2.31. The third-order valence-electron chi connectivity index (χ3n) is 4.11. The molecule has 0 saturated heterocycles. The summed E-state index contributed by atoms with van der Waals surface area (Å²) in [5, 5.41) is 3.03. The number of thioether (sulfide) groups is 1. The van der Waals surface area contributed by atoms with Gasteiger partial charge in [0.2, 0.25) is 0 Å². The SMILES string of the molecule is CCC(C)NC(=O)c1ccc(/C=C2/SC3C=CC=CC3=NC2=O)cc1. The number of fused-ring (bicyclic) bond motifs is 1. The molecule has 0 fully saturated rings. The Morgan fingerprint density at radius 1 is 1.32 bits per heavy atom. The fraction of sp³-hybridized carbons (Fsp3) is 0.250.